The molecule has 128 valence electrons. The molecule has 0 bridgehead atoms. The Morgan fingerprint density at radius 3 is 2.29 bits per heavy atom. The van der Waals surface area contributed by atoms with E-state index >= 15 is 0 Å². The van der Waals surface area contributed by atoms with E-state index in [1.807, 2.05) is 19.1 Å². The van der Waals surface area contributed by atoms with Crippen LogP contribution in [0.4, 0.5) is 0 Å². The van der Waals surface area contributed by atoms with E-state index < -0.39 is 0 Å². The molecule has 1 atom stereocenters. The molecule has 4 nitrogen and oxygen atoms in total. The molecule has 3 N–H and O–H groups in total. The Morgan fingerprint density at radius 1 is 1.00 bits per heavy atom. The Bertz CT molecular complexity index is 599. The van der Waals surface area contributed by atoms with Gasteiger partial charge in [0.1, 0.15) is 0 Å². The smallest absolute Gasteiger partial charge is 0.191 e. The lowest BCUT2D eigenvalue weighted by Gasteiger charge is -2.17. The van der Waals surface area contributed by atoms with Crippen LogP contribution in [-0.4, -0.2) is 37.3 Å². The number of aliphatic imine (C=N–C) groups is 1. The summed E-state index contributed by atoms with van der Waals surface area (Å²) < 4.78 is 0. The van der Waals surface area contributed by atoms with Gasteiger partial charge in [0, 0.05) is 25.6 Å². The predicted octanol–water partition coefficient (Wildman–Crippen LogP) is 2.56. The molecule has 0 radical (unpaired) electrons. The van der Waals surface area contributed by atoms with Crippen molar-refractivity contribution in [2.75, 3.05) is 26.2 Å². The van der Waals surface area contributed by atoms with Crippen molar-refractivity contribution in [1.82, 2.24) is 10.6 Å². The number of rotatable bonds is 8. The maximum atomic E-state index is 8.99. The van der Waals surface area contributed by atoms with Crippen molar-refractivity contribution in [1.29, 1.82) is 0 Å². The van der Waals surface area contributed by atoms with E-state index in [1.54, 1.807) is 0 Å². The minimum absolute atomic E-state index is 0.0938. The highest BCUT2D eigenvalue weighted by molar-refractivity contribution is 5.79. The zero-order valence-electron chi connectivity index (χ0n) is 14.3. The molecule has 24 heavy (non-hydrogen) atoms. The van der Waals surface area contributed by atoms with Gasteiger partial charge in [-0.3, -0.25) is 4.99 Å². The summed E-state index contributed by atoms with van der Waals surface area (Å²) in [6.45, 7) is 4.12. The number of guanidine groups is 1. The second-order valence-corrected chi connectivity index (χ2v) is 5.67. The number of nitrogens with one attached hydrogen (secondary N) is 2. The van der Waals surface area contributed by atoms with Gasteiger partial charge in [-0.05, 0) is 24.5 Å². The number of nitrogens with zero attached hydrogens (tertiary/aromatic N) is 1. The normalized spacial score (nSPS) is 12.7. The van der Waals surface area contributed by atoms with Gasteiger partial charge in [-0.1, -0.05) is 60.7 Å². The Hall–Kier alpha value is -2.33. The molecule has 0 spiro atoms. The number of aliphatic hydroxyl groups excluding tert-OH is 1. The largest absolute Gasteiger partial charge is 0.395 e. The van der Waals surface area contributed by atoms with Gasteiger partial charge in [0.15, 0.2) is 5.96 Å². The van der Waals surface area contributed by atoms with Crippen LogP contribution in [0.2, 0.25) is 0 Å². The lowest BCUT2D eigenvalue weighted by Crippen LogP contribution is -2.39. The van der Waals surface area contributed by atoms with Crippen LogP contribution in [0.15, 0.2) is 65.7 Å². The zero-order chi connectivity index (χ0) is 17.0. The van der Waals surface area contributed by atoms with E-state index in [1.165, 1.54) is 11.1 Å². The number of benzene rings is 2. The van der Waals surface area contributed by atoms with Gasteiger partial charge < -0.3 is 15.7 Å². The van der Waals surface area contributed by atoms with Crippen LogP contribution in [0.3, 0.4) is 0 Å². The maximum Gasteiger partial charge on any atom is 0.191 e. The summed E-state index contributed by atoms with van der Waals surface area (Å²) >= 11 is 0. The molecule has 0 heterocycles. The van der Waals surface area contributed by atoms with Gasteiger partial charge in [-0.15, -0.1) is 0 Å². The summed E-state index contributed by atoms with van der Waals surface area (Å²) in [5.74, 6) is 1.07. The van der Waals surface area contributed by atoms with E-state index in [-0.39, 0.29) is 6.61 Å². The molecule has 0 saturated heterocycles. The Balaban J connectivity index is 2.13. The molecule has 2 rings (SSSR count). The fraction of sp³-hybridized carbons (Fsp3) is 0.350. The van der Waals surface area contributed by atoms with E-state index in [2.05, 4.69) is 59.2 Å². The van der Waals surface area contributed by atoms with Crippen LogP contribution in [0.5, 0.6) is 0 Å². The van der Waals surface area contributed by atoms with Crippen LogP contribution < -0.4 is 10.6 Å². The molecule has 0 fully saturated rings. The van der Waals surface area contributed by atoms with Crippen molar-refractivity contribution in [3.63, 3.8) is 0 Å². The van der Waals surface area contributed by atoms with Crippen LogP contribution in [-0.2, 0) is 6.42 Å². The Labute approximate surface area is 144 Å². The maximum absolute atomic E-state index is 8.99. The molecule has 2 aromatic rings. The van der Waals surface area contributed by atoms with Gasteiger partial charge in [-0.25, -0.2) is 0 Å². The third-order valence-corrected chi connectivity index (χ3v) is 3.81. The van der Waals surface area contributed by atoms with E-state index in [4.69, 9.17) is 10.1 Å². The highest BCUT2D eigenvalue weighted by atomic mass is 16.3. The first-order valence-electron chi connectivity index (χ1n) is 8.55. The van der Waals surface area contributed by atoms with Crippen molar-refractivity contribution < 1.29 is 5.11 Å². The summed E-state index contributed by atoms with van der Waals surface area (Å²) in [5, 5.41) is 15.3. The van der Waals surface area contributed by atoms with Crippen LogP contribution in [0.1, 0.15) is 24.0 Å². The van der Waals surface area contributed by atoms with Gasteiger partial charge in [0.05, 0.1) is 6.61 Å². The van der Waals surface area contributed by atoms with Gasteiger partial charge in [-0.2, -0.15) is 0 Å². The average molecular weight is 325 g/mol. The van der Waals surface area contributed by atoms with Gasteiger partial charge >= 0.3 is 0 Å². The molecule has 0 aliphatic heterocycles. The molecular formula is C20H27N3O. The van der Waals surface area contributed by atoms with Crippen molar-refractivity contribution in [3.05, 3.63) is 71.8 Å². The van der Waals surface area contributed by atoms with Crippen molar-refractivity contribution in [2.24, 2.45) is 4.99 Å². The molecule has 0 aliphatic rings. The van der Waals surface area contributed by atoms with Gasteiger partial charge in [0.2, 0.25) is 0 Å². The molecular weight excluding hydrogens is 298 g/mol. The van der Waals surface area contributed by atoms with Crippen LogP contribution >= 0.6 is 0 Å². The average Bonchev–Trinajstić information content (AvgIpc) is 2.64. The fourth-order valence-electron chi connectivity index (χ4n) is 2.63. The van der Waals surface area contributed by atoms with Crippen molar-refractivity contribution in [3.8, 4) is 0 Å². The zero-order valence-corrected chi connectivity index (χ0v) is 14.3. The van der Waals surface area contributed by atoms with Crippen molar-refractivity contribution in [2.45, 2.75) is 19.3 Å². The standard InChI is InChI=1S/C20H27N3O/c1-2-21-20(22-13-14-24)23-16-19(18-11-7-4-8-12-18)15-17-9-5-3-6-10-17/h3-12,19,24H,2,13-16H2,1H3,(H2,21,22,23). The SMILES string of the molecule is CCNC(=NCC(Cc1ccccc1)c1ccccc1)NCCO. The third-order valence-electron chi connectivity index (χ3n) is 3.81. The lowest BCUT2D eigenvalue weighted by molar-refractivity contribution is 0.300. The lowest BCUT2D eigenvalue weighted by atomic mass is 9.92. The van der Waals surface area contributed by atoms with Gasteiger partial charge in [0.25, 0.3) is 0 Å². The molecule has 0 saturated carbocycles. The minimum atomic E-state index is 0.0938. The first kappa shape index (κ1) is 18.0. The second-order valence-electron chi connectivity index (χ2n) is 5.67. The Kier molecular flexibility index (Phi) is 7.84. The molecule has 0 aromatic heterocycles. The molecule has 2 aromatic carbocycles. The number of aliphatic hydroxyl groups is 1. The predicted molar refractivity (Wildman–Crippen MR) is 100 cm³/mol. The first-order chi connectivity index (χ1) is 11.8. The second kappa shape index (κ2) is 10.4. The quantitative estimate of drug-likeness (QED) is 0.516. The Morgan fingerprint density at radius 2 is 1.67 bits per heavy atom. The summed E-state index contributed by atoms with van der Waals surface area (Å²) in [6.07, 6.45) is 0.952. The third kappa shape index (κ3) is 6.05. The highest BCUT2D eigenvalue weighted by Crippen LogP contribution is 2.21. The minimum Gasteiger partial charge on any atom is -0.395 e. The monoisotopic (exact) mass is 325 g/mol. The fourth-order valence-corrected chi connectivity index (χ4v) is 2.63. The van der Waals surface area contributed by atoms with E-state index in [9.17, 15) is 0 Å². The molecule has 1 unspecified atom stereocenters. The molecule has 4 heteroatoms. The van der Waals surface area contributed by atoms with E-state index in [0.717, 1.165) is 18.9 Å². The van der Waals surface area contributed by atoms with Crippen LogP contribution in [0, 0.1) is 0 Å². The van der Waals surface area contributed by atoms with Crippen molar-refractivity contribution >= 4 is 5.96 Å². The summed E-state index contributed by atoms with van der Waals surface area (Å²) in [4.78, 5) is 4.71. The highest BCUT2D eigenvalue weighted by Gasteiger charge is 2.12. The summed E-state index contributed by atoms with van der Waals surface area (Å²) in [5.41, 5.74) is 2.61. The van der Waals surface area contributed by atoms with Crippen LogP contribution in [0.25, 0.3) is 0 Å². The van der Waals surface area contributed by atoms with E-state index in [0.29, 0.717) is 19.0 Å². The first-order valence-corrected chi connectivity index (χ1v) is 8.55. The topological polar surface area (TPSA) is 56.7 Å². The molecule has 0 aliphatic carbocycles. The summed E-state index contributed by atoms with van der Waals surface area (Å²) in [7, 11) is 0. The number of hydrogen-bond acceptors (Lipinski definition) is 2. The molecule has 0 amide bonds. The number of hydrogen-bond donors (Lipinski definition) is 3. The summed E-state index contributed by atoms with van der Waals surface area (Å²) in [6, 6.07) is 21.0.